The van der Waals surface area contributed by atoms with Crippen molar-refractivity contribution in [3.05, 3.63) is 30.2 Å². The Balaban J connectivity index is 1.61. The molecule has 4 heterocycles. The Morgan fingerprint density at radius 3 is 2.91 bits per heavy atom. The number of aromatic nitrogens is 2. The number of nitrogens with one attached hydrogen (secondary N) is 2. The maximum absolute atomic E-state index is 14.5. The number of alkyl halides is 4. The summed E-state index contributed by atoms with van der Waals surface area (Å²) in [7, 11) is 0. The van der Waals surface area contributed by atoms with E-state index in [9.17, 15) is 27.6 Å². The van der Waals surface area contributed by atoms with Gasteiger partial charge in [0.05, 0.1) is 31.5 Å². The summed E-state index contributed by atoms with van der Waals surface area (Å²) in [5.74, 6) is -0.822. The molecule has 2 aliphatic rings. The Labute approximate surface area is 180 Å². The number of rotatable bonds is 4. The predicted molar refractivity (Wildman–Crippen MR) is 106 cm³/mol. The number of carbonyl (C=O) groups excluding carboxylic acids is 1. The quantitative estimate of drug-likeness (QED) is 0.677. The van der Waals surface area contributed by atoms with Gasteiger partial charge in [0.1, 0.15) is 17.3 Å². The van der Waals surface area contributed by atoms with Crippen molar-refractivity contribution >= 4 is 22.5 Å². The summed E-state index contributed by atoms with van der Waals surface area (Å²) in [4.78, 5) is 22.1. The zero-order valence-corrected chi connectivity index (χ0v) is 16.8. The van der Waals surface area contributed by atoms with Crippen molar-refractivity contribution < 1.29 is 27.1 Å². The van der Waals surface area contributed by atoms with Gasteiger partial charge >= 0.3 is 6.18 Å². The lowest BCUT2D eigenvalue weighted by Crippen LogP contribution is -2.58. The number of fused-ring (bicyclic) bond motifs is 1. The fourth-order valence-electron chi connectivity index (χ4n) is 3.90. The van der Waals surface area contributed by atoms with Gasteiger partial charge in [0, 0.05) is 18.1 Å². The van der Waals surface area contributed by atoms with Crippen LogP contribution in [0.5, 0.6) is 0 Å². The van der Waals surface area contributed by atoms with Gasteiger partial charge in [-0.05, 0) is 25.1 Å². The summed E-state index contributed by atoms with van der Waals surface area (Å²) in [6.45, 7) is -0.564. The molecule has 0 aliphatic carbocycles. The summed E-state index contributed by atoms with van der Waals surface area (Å²) in [6, 6.07) is 5.12. The van der Waals surface area contributed by atoms with Crippen LogP contribution in [-0.2, 0) is 9.53 Å². The SMILES string of the molecule is N#Cc1ncc(N2CC(C(=O)NC[C@]3(F)CCNC3)O[C@H](C(F)(F)F)C2)c2cccnc12. The molecular formula is C20H20F4N6O2. The second-order valence-corrected chi connectivity index (χ2v) is 7.86. The molecule has 0 spiro atoms. The lowest BCUT2D eigenvalue weighted by atomic mass is 10.1. The van der Waals surface area contributed by atoms with Crippen LogP contribution in [0.15, 0.2) is 24.5 Å². The molecule has 1 amide bonds. The van der Waals surface area contributed by atoms with Crippen molar-refractivity contribution in [2.24, 2.45) is 0 Å². The normalized spacial score (nSPS) is 26.2. The number of morpholine rings is 1. The van der Waals surface area contributed by atoms with Crippen molar-refractivity contribution in [3.63, 3.8) is 0 Å². The first-order valence-corrected chi connectivity index (χ1v) is 9.98. The molecule has 2 aromatic heterocycles. The minimum atomic E-state index is -4.72. The van der Waals surface area contributed by atoms with Crippen LogP contribution in [-0.4, -0.2) is 72.7 Å². The Bertz CT molecular complexity index is 1050. The maximum Gasteiger partial charge on any atom is 0.416 e. The highest BCUT2D eigenvalue weighted by Gasteiger charge is 2.48. The predicted octanol–water partition coefficient (Wildman–Crippen LogP) is 1.46. The molecule has 0 radical (unpaired) electrons. The van der Waals surface area contributed by atoms with Crippen molar-refractivity contribution in [2.75, 3.05) is 37.6 Å². The summed E-state index contributed by atoms with van der Waals surface area (Å²) in [5.41, 5.74) is -1.06. The van der Waals surface area contributed by atoms with Crippen LogP contribution in [0.25, 0.3) is 10.9 Å². The molecular weight excluding hydrogens is 432 g/mol. The van der Waals surface area contributed by atoms with Crippen LogP contribution < -0.4 is 15.5 Å². The monoisotopic (exact) mass is 452 g/mol. The van der Waals surface area contributed by atoms with Gasteiger partial charge in [-0.3, -0.25) is 9.78 Å². The van der Waals surface area contributed by atoms with Gasteiger partial charge < -0.3 is 20.3 Å². The smallest absolute Gasteiger partial charge is 0.364 e. The molecule has 2 aromatic rings. The Morgan fingerprint density at radius 1 is 1.41 bits per heavy atom. The van der Waals surface area contributed by atoms with E-state index in [1.54, 1.807) is 12.1 Å². The van der Waals surface area contributed by atoms with E-state index in [4.69, 9.17) is 4.74 Å². The minimum absolute atomic E-state index is 0.0395. The molecule has 1 unspecified atom stereocenters. The third kappa shape index (κ3) is 4.44. The summed E-state index contributed by atoms with van der Waals surface area (Å²) in [6.07, 6.45) is -5.49. The lowest BCUT2D eigenvalue weighted by Gasteiger charge is -2.39. The maximum atomic E-state index is 14.5. The van der Waals surface area contributed by atoms with Crippen LogP contribution in [0.1, 0.15) is 12.1 Å². The van der Waals surface area contributed by atoms with Gasteiger partial charge in [-0.25, -0.2) is 9.37 Å². The number of pyridine rings is 2. The molecule has 2 N–H and O–H groups in total. The molecule has 2 saturated heterocycles. The van der Waals surface area contributed by atoms with Crippen LogP contribution >= 0.6 is 0 Å². The third-order valence-corrected chi connectivity index (χ3v) is 5.60. The molecule has 0 bridgehead atoms. The number of nitriles is 1. The standard InChI is InChI=1S/C20H20F4N6O2/c21-19(3-5-26-10-19)11-29-18(31)15-8-30(9-16(32-15)20(22,23)24)14-7-28-13(6-25)17-12(14)2-1-4-27-17/h1-2,4,7,15-16,26H,3,5,8-11H2,(H,29,31)/t15?,16-,19-/m0/s1. The average molecular weight is 452 g/mol. The number of carbonyl (C=O) groups is 1. The average Bonchev–Trinajstić information content (AvgIpc) is 3.22. The molecule has 2 fully saturated rings. The molecule has 0 saturated carbocycles. The van der Waals surface area contributed by atoms with Crippen LogP contribution in [0.4, 0.5) is 23.2 Å². The highest BCUT2D eigenvalue weighted by atomic mass is 19.4. The van der Waals surface area contributed by atoms with Gasteiger partial charge in [-0.2, -0.15) is 18.4 Å². The molecule has 0 aromatic carbocycles. The summed E-state index contributed by atoms with van der Waals surface area (Å²) in [5, 5.41) is 14.9. The summed E-state index contributed by atoms with van der Waals surface area (Å²) < 4.78 is 60.3. The van der Waals surface area contributed by atoms with Crippen molar-refractivity contribution in [1.29, 1.82) is 5.26 Å². The van der Waals surface area contributed by atoms with Crippen molar-refractivity contribution in [2.45, 2.75) is 30.5 Å². The van der Waals surface area contributed by atoms with E-state index in [0.717, 1.165) is 0 Å². The number of amides is 1. The van der Waals surface area contributed by atoms with Gasteiger partial charge in [0.25, 0.3) is 5.91 Å². The Kier molecular flexibility index (Phi) is 5.87. The molecule has 170 valence electrons. The Hall–Kier alpha value is -3.04. The van der Waals surface area contributed by atoms with Gasteiger partial charge in [0.2, 0.25) is 0 Å². The van der Waals surface area contributed by atoms with E-state index in [2.05, 4.69) is 20.6 Å². The van der Waals surface area contributed by atoms with Crippen molar-refractivity contribution in [1.82, 2.24) is 20.6 Å². The third-order valence-electron chi connectivity index (χ3n) is 5.60. The highest BCUT2D eigenvalue weighted by Crippen LogP contribution is 2.33. The van der Waals surface area contributed by atoms with E-state index in [-0.39, 0.29) is 37.3 Å². The molecule has 4 rings (SSSR count). The molecule has 2 aliphatic heterocycles. The highest BCUT2D eigenvalue weighted by molar-refractivity contribution is 5.94. The fourth-order valence-corrected chi connectivity index (χ4v) is 3.90. The molecule has 12 heteroatoms. The number of halogens is 4. The van der Waals surface area contributed by atoms with Gasteiger partial charge in [0.15, 0.2) is 17.9 Å². The van der Waals surface area contributed by atoms with Crippen LogP contribution in [0.3, 0.4) is 0 Å². The first kappa shape index (κ1) is 22.2. The van der Waals surface area contributed by atoms with Crippen LogP contribution in [0.2, 0.25) is 0 Å². The van der Waals surface area contributed by atoms with E-state index in [0.29, 0.717) is 17.6 Å². The number of hydrogen-bond acceptors (Lipinski definition) is 7. The first-order chi connectivity index (χ1) is 15.2. The zero-order valence-electron chi connectivity index (χ0n) is 16.8. The molecule has 8 nitrogen and oxygen atoms in total. The number of hydrogen-bond donors (Lipinski definition) is 2. The van der Waals surface area contributed by atoms with Crippen molar-refractivity contribution in [3.8, 4) is 6.07 Å². The lowest BCUT2D eigenvalue weighted by molar-refractivity contribution is -0.234. The second kappa shape index (κ2) is 8.48. The van der Waals surface area contributed by atoms with E-state index in [1.807, 2.05) is 6.07 Å². The largest absolute Gasteiger partial charge is 0.416 e. The summed E-state index contributed by atoms with van der Waals surface area (Å²) >= 11 is 0. The van der Waals surface area contributed by atoms with Gasteiger partial charge in [-0.1, -0.05) is 0 Å². The fraction of sp³-hybridized carbons (Fsp3) is 0.500. The van der Waals surface area contributed by atoms with Gasteiger partial charge in [-0.15, -0.1) is 0 Å². The minimum Gasteiger partial charge on any atom is -0.364 e. The number of anilines is 1. The van der Waals surface area contributed by atoms with Crippen LogP contribution in [0, 0.1) is 11.3 Å². The second-order valence-electron chi connectivity index (χ2n) is 7.86. The Morgan fingerprint density at radius 2 is 2.22 bits per heavy atom. The topological polar surface area (TPSA) is 103 Å². The first-order valence-electron chi connectivity index (χ1n) is 9.98. The number of nitrogens with zero attached hydrogens (tertiary/aromatic N) is 4. The zero-order chi connectivity index (χ0) is 22.9. The number of ether oxygens (including phenoxy) is 1. The van der Waals surface area contributed by atoms with E-state index < -0.39 is 36.5 Å². The molecule has 32 heavy (non-hydrogen) atoms. The van der Waals surface area contributed by atoms with E-state index in [1.165, 1.54) is 17.3 Å². The van der Waals surface area contributed by atoms with E-state index >= 15 is 0 Å². The molecule has 3 atom stereocenters.